The van der Waals surface area contributed by atoms with Gasteiger partial charge in [-0.2, -0.15) is 0 Å². The van der Waals surface area contributed by atoms with E-state index in [4.69, 9.17) is 9.15 Å². The van der Waals surface area contributed by atoms with E-state index in [0.29, 0.717) is 49.6 Å². The minimum absolute atomic E-state index is 0.000229. The van der Waals surface area contributed by atoms with E-state index < -0.39 is 0 Å². The molecule has 1 saturated heterocycles. The van der Waals surface area contributed by atoms with Crippen molar-refractivity contribution in [1.29, 1.82) is 0 Å². The number of carbonyl (C=O) groups is 2. The molecule has 0 bridgehead atoms. The predicted molar refractivity (Wildman–Crippen MR) is 137 cm³/mol. The third kappa shape index (κ3) is 4.61. The lowest BCUT2D eigenvalue weighted by Gasteiger charge is -2.32. The van der Waals surface area contributed by atoms with Crippen LogP contribution in [0.25, 0.3) is 21.7 Å². The molecule has 6 heteroatoms. The standard InChI is InChI=1S/C29H30N2O4/c1-3-34-25-13-7-10-22-18-26(35-27(22)25)19(2)30-28(32)21-14-16-31(17-15-21)29(33)24-12-6-9-20-8-4-5-11-23(20)24/h4-13,18-19,21H,3,14-17H2,1-2H3,(H,30,32). The Labute approximate surface area is 204 Å². The van der Waals surface area contributed by atoms with Gasteiger partial charge in [0.1, 0.15) is 5.76 Å². The Hall–Kier alpha value is -3.80. The number of fused-ring (bicyclic) bond motifs is 2. The van der Waals surface area contributed by atoms with E-state index in [-0.39, 0.29) is 23.8 Å². The van der Waals surface area contributed by atoms with Crippen LogP contribution in [0.15, 0.2) is 71.1 Å². The van der Waals surface area contributed by atoms with E-state index in [9.17, 15) is 9.59 Å². The zero-order valence-corrected chi connectivity index (χ0v) is 20.1. The van der Waals surface area contributed by atoms with Crippen LogP contribution < -0.4 is 10.1 Å². The van der Waals surface area contributed by atoms with Crippen molar-refractivity contribution < 1.29 is 18.7 Å². The average molecular weight is 471 g/mol. The molecule has 2 amide bonds. The molecule has 0 aliphatic carbocycles. The van der Waals surface area contributed by atoms with Gasteiger partial charge in [0.2, 0.25) is 5.91 Å². The second-order valence-electron chi connectivity index (χ2n) is 9.08. The number of benzene rings is 3. The fourth-order valence-electron chi connectivity index (χ4n) is 4.87. The van der Waals surface area contributed by atoms with E-state index >= 15 is 0 Å². The fraction of sp³-hybridized carbons (Fsp3) is 0.310. The molecule has 3 aromatic carbocycles. The van der Waals surface area contributed by atoms with Crippen molar-refractivity contribution in [2.45, 2.75) is 32.7 Å². The summed E-state index contributed by atoms with van der Waals surface area (Å²) >= 11 is 0. The van der Waals surface area contributed by atoms with Crippen LogP contribution in [0.4, 0.5) is 0 Å². The highest BCUT2D eigenvalue weighted by Crippen LogP contribution is 2.31. The minimum atomic E-state index is -0.264. The molecule has 35 heavy (non-hydrogen) atoms. The van der Waals surface area contributed by atoms with Gasteiger partial charge in [-0.05, 0) is 55.7 Å². The molecule has 5 rings (SSSR count). The second-order valence-corrected chi connectivity index (χ2v) is 9.08. The van der Waals surface area contributed by atoms with Crippen LogP contribution >= 0.6 is 0 Å². The third-order valence-corrected chi connectivity index (χ3v) is 6.79. The summed E-state index contributed by atoms with van der Waals surface area (Å²) in [6, 6.07) is 21.2. The molecule has 4 aromatic rings. The van der Waals surface area contributed by atoms with Crippen molar-refractivity contribution in [1.82, 2.24) is 10.2 Å². The number of nitrogens with one attached hydrogen (secondary N) is 1. The van der Waals surface area contributed by atoms with E-state index in [2.05, 4.69) is 5.32 Å². The SMILES string of the molecule is CCOc1cccc2cc(C(C)NC(=O)C3CCN(C(=O)c4cccc5ccccc45)CC3)oc12. The number of nitrogens with zero attached hydrogens (tertiary/aromatic N) is 1. The Bertz CT molecular complexity index is 1360. The molecule has 180 valence electrons. The van der Waals surface area contributed by atoms with Crippen LogP contribution in [0.3, 0.4) is 0 Å². The van der Waals surface area contributed by atoms with Crippen LogP contribution in [0.5, 0.6) is 5.75 Å². The zero-order valence-electron chi connectivity index (χ0n) is 20.1. The molecule has 2 heterocycles. The number of amides is 2. The number of furan rings is 1. The maximum Gasteiger partial charge on any atom is 0.254 e. The van der Waals surface area contributed by atoms with Crippen molar-refractivity contribution in [2.75, 3.05) is 19.7 Å². The van der Waals surface area contributed by atoms with Gasteiger partial charge >= 0.3 is 0 Å². The van der Waals surface area contributed by atoms with E-state index in [1.807, 2.05) is 85.5 Å². The van der Waals surface area contributed by atoms with Crippen molar-refractivity contribution in [2.24, 2.45) is 5.92 Å². The van der Waals surface area contributed by atoms with Crippen molar-refractivity contribution >= 4 is 33.6 Å². The lowest BCUT2D eigenvalue weighted by atomic mass is 9.94. The monoisotopic (exact) mass is 470 g/mol. The lowest BCUT2D eigenvalue weighted by molar-refractivity contribution is -0.127. The molecule has 1 fully saturated rings. The zero-order chi connectivity index (χ0) is 24.4. The molecular weight excluding hydrogens is 440 g/mol. The predicted octanol–water partition coefficient (Wildman–Crippen LogP) is 5.71. The largest absolute Gasteiger partial charge is 0.490 e. The second kappa shape index (κ2) is 9.82. The normalized spacial score (nSPS) is 15.3. The Balaban J connectivity index is 1.21. The Morgan fingerprint density at radius 1 is 1.03 bits per heavy atom. The first-order valence-electron chi connectivity index (χ1n) is 12.3. The van der Waals surface area contributed by atoms with Gasteiger partial charge in [-0.15, -0.1) is 0 Å². The minimum Gasteiger partial charge on any atom is -0.490 e. The molecule has 1 aliphatic heterocycles. The highest BCUT2D eigenvalue weighted by atomic mass is 16.5. The summed E-state index contributed by atoms with van der Waals surface area (Å²) < 4.78 is 11.7. The quantitative estimate of drug-likeness (QED) is 0.392. The number of piperidine rings is 1. The molecule has 1 aromatic heterocycles. The fourth-order valence-corrected chi connectivity index (χ4v) is 4.87. The van der Waals surface area contributed by atoms with Gasteiger partial charge in [0.25, 0.3) is 5.91 Å². The van der Waals surface area contributed by atoms with E-state index in [1.165, 1.54) is 0 Å². The molecule has 0 radical (unpaired) electrons. The molecule has 1 N–H and O–H groups in total. The van der Waals surface area contributed by atoms with Crippen molar-refractivity contribution in [3.05, 3.63) is 78.1 Å². The molecule has 1 unspecified atom stereocenters. The van der Waals surface area contributed by atoms with Gasteiger partial charge in [-0.1, -0.05) is 48.5 Å². The van der Waals surface area contributed by atoms with Crippen molar-refractivity contribution in [3.8, 4) is 5.75 Å². The van der Waals surface area contributed by atoms with E-state index in [1.54, 1.807) is 0 Å². The summed E-state index contributed by atoms with van der Waals surface area (Å²) in [6.45, 7) is 5.55. The topological polar surface area (TPSA) is 71.8 Å². The van der Waals surface area contributed by atoms with Gasteiger partial charge < -0.3 is 19.4 Å². The molecule has 0 spiro atoms. The first-order chi connectivity index (χ1) is 17.0. The number of carbonyl (C=O) groups excluding carboxylic acids is 2. The first-order valence-corrected chi connectivity index (χ1v) is 12.3. The van der Waals surface area contributed by atoms with Crippen LogP contribution in [-0.4, -0.2) is 36.4 Å². The first kappa shape index (κ1) is 23.0. The summed E-state index contributed by atoms with van der Waals surface area (Å²) in [5, 5.41) is 6.07. The number of hydrogen-bond acceptors (Lipinski definition) is 4. The summed E-state index contributed by atoms with van der Waals surface area (Å²) in [6.07, 6.45) is 1.29. The van der Waals surface area contributed by atoms with Crippen LogP contribution in [0.2, 0.25) is 0 Å². The molecule has 1 aliphatic rings. The Morgan fingerprint density at radius 2 is 1.74 bits per heavy atom. The van der Waals surface area contributed by atoms with Gasteiger partial charge in [0.05, 0.1) is 12.6 Å². The van der Waals surface area contributed by atoms with Gasteiger partial charge in [-0.3, -0.25) is 9.59 Å². The summed E-state index contributed by atoms with van der Waals surface area (Å²) in [7, 11) is 0. The van der Waals surface area contributed by atoms with Crippen molar-refractivity contribution in [3.63, 3.8) is 0 Å². The number of rotatable bonds is 6. The number of para-hydroxylation sites is 1. The van der Waals surface area contributed by atoms with Gasteiger partial charge in [-0.25, -0.2) is 0 Å². The van der Waals surface area contributed by atoms with Crippen LogP contribution in [-0.2, 0) is 4.79 Å². The highest BCUT2D eigenvalue weighted by molar-refractivity contribution is 6.07. The van der Waals surface area contributed by atoms with E-state index in [0.717, 1.165) is 21.7 Å². The molecule has 0 saturated carbocycles. The summed E-state index contributed by atoms with van der Waals surface area (Å²) in [5.41, 5.74) is 1.42. The molecule has 6 nitrogen and oxygen atoms in total. The average Bonchev–Trinajstić information content (AvgIpc) is 3.34. The smallest absolute Gasteiger partial charge is 0.254 e. The number of hydrogen-bond donors (Lipinski definition) is 1. The third-order valence-electron chi connectivity index (χ3n) is 6.79. The maximum atomic E-state index is 13.2. The number of likely N-dealkylation sites (tertiary alicyclic amines) is 1. The lowest BCUT2D eigenvalue weighted by Crippen LogP contribution is -2.43. The van der Waals surface area contributed by atoms with Gasteiger partial charge in [0, 0.05) is 30.0 Å². The summed E-state index contributed by atoms with van der Waals surface area (Å²) in [4.78, 5) is 28.1. The highest BCUT2D eigenvalue weighted by Gasteiger charge is 2.29. The Morgan fingerprint density at radius 3 is 2.54 bits per heavy atom. The maximum absolute atomic E-state index is 13.2. The van der Waals surface area contributed by atoms with Gasteiger partial charge in [0.15, 0.2) is 11.3 Å². The summed E-state index contributed by atoms with van der Waals surface area (Å²) in [5.74, 6) is 1.31. The molecular formula is C29H30N2O4. The number of ether oxygens (including phenoxy) is 1. The Kier molecular flexibility index (Phi) is 6.45. The van der Waals surface area contributed by atoms with Crippen LogP contribution in [0, 0.1) is 5.92 Å². The van der Waals surface area contributed by atoms with Crippen LogP contribution in [0.1, 0.15) is 48.8 Å². The molecule has 1 atom stereocenters.